The van der Waals surface area contributed by atoms with Gasteiger partial charge in [0, 0.05) is 12.7 Å². The lowest BCUT2D eigenvalue weighted by atomic mass is 9.79. The predicted octanol–water partition coefficient (Wildman–Crippen LogP) is 2.08. The Labute approximate surface area is 184 Å². The molecule has 0 aromatic carbocycles. The highest BCUT2D eigenvalue weighted by molar-refractivity contribution is 6.00. The maximum absolute atomic E-state index is 12.7. The van der Waals surface area contributed by atoms with Crippen molar-refractivity contribution in [3.8, 4) is 0 Å². The number of carbonyl (C=O) groups is 2. The second-order valence-corrected chi connectivity index (χ2v) is 8.68. The van der Waals surface area contributed by atoms with Crippen LogP contribution < -0.4 is 16.1 Å². The average Bonchev–Trinajstić information content (AvgIpc) is 3.40. The summed E-state index contributed by atoms with van der Waals surface area (Å²) in [6.45, 7) is 2.42. The maximum Gasteiger partial charge on any atom is 0.254 e. The van der Waals surface area contributed by atoms with Crippen molar-refractivity contribution in [2.24, 2.45) is 4.99 Å². The van der Waals surface area contributed by atoms with Crippen LogP contribution in [-0.2, 0) is 15.1 Å². The summed E-state index contributed by atoms with van der Waals surface area (Å²) in [6.07, 6.45) is 7.02. The number of anilines is 1. The lowest BCUT2D eigenvalue weighted by molar-refractivity contribution is -0.124. The summed E-state index contributed by atoms with van der Waals surface area (Å²) in [5, 5.41) is 16.9. The zero-order chi connectivity index (χ0) is 22.3. The molecule has 3 aliphatic rings. The molecule has 2 fully saturated rings. The Morgan fingerprint density at radius 1 is 1.28 bits per heavy atom. The molecule has 3 N–H and O–H groups in total. The molecule has 1 unspecified atom stereocenters. The van der Waals surface area contributed by atoms with Crippen LogP contribution in [-0.4, -0.2) is 44.4 Å². The number of aromatic nitrogens is 3. The third-order valence-corrected chi connectivity index (χ3v) is 6.50. The van der Waals surface area contributed by atoms with Crippen molar-refractivity contribution in [2.75, 3.05) is 11.9 Å². The number of nitrogens with one attached hydrogen (secondary N) is 2. The first kappa shape index (κ1) is 20.6. The molecule has 2 aromatic heterocycles. The zero-order valence-corrected chi connectivity index (χ0v) is 17.9. The number of nitrogens with zero attached hydrogens (tertiary/aromatic N) is 4. The van der Waals surface area contributed by atoms with Gasteiger partial charge >= 0.3 is 0 Å². The first-order chi connectivity index (χ1) is 15.5. The van der Waals surface area contributed by atoms with Gasteiger partial charge in [0.05, 0.1) is 16.8 Å². The second-order valence-electron chi connectivity index (χ2n) is 8.68. The number of hydrogen-bond acceptors (Lipinski definition) is 7. The smallest absolute Gasteiger partial charge is 0.254 e. The molecule has 1 aliphatic carbocycles. The number of hydrogen-bond donors (Lipinski definition) is 3. The Kier molecular flexibility index (Phi) is 5.16. The van der Waals surface area contributed by atoms with Gasteiger partial charge in [-0.05, 0) is 44.2 Å². The first-order valence-electron chi connectivity index (χ1n) is 11.0. The van der Waals surface area contributed by atoms with Crippen molar-refractivity contribution in [3.63, 3.8) is 0 Å². The van der Waals surface area contributed by atoms with Crippen molar-refractivity contribution in [1.29, 1.82) is 0 Å². The number of fused-ring (bicyclic) bond motifs is 2. The van der Waals surface area contributed by atoms with Crippen molar-refractivity contribution in [1.82, 2.24) is 20.0 Å². The van der Waals surface area contributed by atoms with Gasteiger partial charge in [-0.1, -0.05) is 19.3 Å². The molecule has 2 aliphatic heterocycles. The number of ether oxygens (including phenoxy) is 1. The molecule has 0 bridgehead atoms. The van der Waals surface area contributed by atoms with E-state index >= 15 is 0 Å². The van der Waals surface area contributed by atoms with E-state index < -0.39 is 11.6 Å². The van der Waals surface area contributed by atoms with E-state index in [-0.39, 0.29) is 23.1 Å². The standard InChI is InChI=1S/C22H26N6O4/c1-13-10-17(28(31)19-18(13)21(30)27-22(19)7-3-2-4-8-22)25-15-11-16(24-12-23-15)26-20(29)14-6-5-9-32-14/h10-12,14,31H,2-9H2,1H3,(H,27,30)(H,23,24,26,29). The van der Waals surface area contributed by atoms with E-state index in [1.54, 1.807) is 6.07 Å². The Morgan fingerprint density at radius 2 is 2.09 bits per heavy atom. The van der Waals surface area contributed by atoms with E-state index in [0.29, 0.717) is 30.1 Å². The fourth-order valence-electron chi connectivity index (χ4n) is 4.98. The normalized spacial score (nSPS) is 22.1. The number of rotatable bonds is 3. The zero-order valence-electron chi connectivity index (χ0n) is 17.9. The van der Waals surface area contributed by atoms with Gasteiger partial charge in [-0.25, -0.2) is 15.0 Å². The monoisotopic (exact) mass is 438 g/mol. The van der Waals surface area contributed by atoms with E-state index in [9.17, 15) is 14.8 Å². The predicted molar refractivity (Wildman–Crippen MR) is 113 cm³/mol. The molecule has 10 nitrogen and oxygen atoms in total. The van der Waals surface area contributed by atoms with Gasteiger partial charge in [0.2, 0.25) is 0 Å². The third kappa shape index (κ3) is 3.54. The van der Waals surface area contributed by atoms with Gasteiger partial charge in [0.25, 0.3) is 11.8 Å². The molecule has 2 amide bonds. The molecule has 2 aromatic rings. The van der Waals surface area contributed by atoms with Crippen molar-refractivity contribution < 1.29 is 19.5 Å². The summed E-state index contributed by atoms with van der Waals surface area (Å²) in [5.74, 6) is 0.179. The Hall–Kier alpha value is -3.27. The SMILES string of the molecule is Cc1cc(=Nc2cc(NC(=O)C3CCCO3)ncn2)n(O)c2c1C(=O)NC21CCCCC1. The second kappa shape index (κ2) is 8.01. The molecular weight excluding hydrogens is 412 g/mol. The largest absolute Gasteiger partial charge is 0.427 e. The average molecular weight is 438 g/mol. The van der Waals surface area contributed by atoms with Gasteiger partial charge < -0.3 is 20.6 Å². The number of pyridine rings is 1. The highest BCUT2D eigenvalue weighted by Gasteiger charge is 2.47. The maximum atomic E-state index is 12.7. The highest BCUT2D eigenvalue weighted by atomic mass is 16.5. The molecule has 1 spiro atoms. The number of aryl methyl sites for hydroxylation is 1. The van der Waals surface area contributed by atoms with Crippen LogP contribution >= 0.6 is 0 Å². The van der Waals surface area contributed by atoms with E-state index in [4.69, 9.17) is 4.74 Å². The Morgan fingerprint density at radius 3 is 2.84 bits per heavy atom. The first-order valence-corrected chi connectivity index (χ1v) is 11.0. The summed E-state index contributed by atoms with van der Waals surface area (Å²) in [6, 6.07) is 3.20. The minimum atomic E-state index is -0.568. The van der Waals surface area contributed by atoms with Crippen LogP contribution in [0.4, 0.5) is 11.6 Å². The third-order valence-electron chi connectivity index (χ3n) is 6.50. The lowest BCUT2D eigenvalue weighted by Crippen LogP contribution is -2.43. The van der Waals surface area contributed by atoms with Crippen LogP contribution in [0.2, 0.25) is 0 Å². The molecule has 1 atom stereocenters. The molecule has 4 heterocycles. The van der Waals surface area contributed by atoms with Gasteiger partial charge in [-0.2, -0.15) is 4.73 Å². The molecule has 1 saturated carbocycles. The summed E-state index contributed by atoms with van der Waals surface area (Å²) in [4.78, 5) is 37.7. The minimum Gasteiger partial charge on any atom is -0.427 e. The summed E-state index contributed by atoms with van der Waals surface area (Å²) in [5.41, 5.74) is 1.52. The van der Waals surface area contributed by atoms with E-state index in [1.165, 1.54) is 12.4 Å². The molecule has 32 heavy (non-hydrogen) atoms. The molecule has 5 rings (SSSR count). The van der Waals surface area contributed by atoms with Crippen molar-refractivity contribution in [2.45, 2.75) is 63.5 Å². The van der Waals surface area contributed by atoms with Crippen molar-refractivity contribution >= 4 is 23.5 Å². The van der Waals surface area contributed by atoms with Crippen LogP contribution in [0.3, 0.4) is 0 Å². The quantitative estimate of drug-likeness (QED) is 0.629. The molecule has 168 valence electrons. The summed E-state index contributed by atoms with van der Waals surface area (Å²) >= 11 is 0. The van der Waals surface area contributed by atoms with E-state index in [1.807, 2.05) is 6.92 Å². The lowest BCUT2D eigenvalue weighted by Gasteiger charge is -2.34. The van der Waals surface area contributed by atoms with E-state index in [2.05, 4.69) is 25.6 Å². The van der Waals surface area contributed by atoms with Crippen LogP contribution in [0, 0.1) is 6.92 Å². The summed E-state index contributed by atoms with van der Waals surface area (Å²) < 4.78 is 6.41. The van der Waals surface area contributed by atoms with Crippen molar-refractivity contribution in [3.05, 3.63) is 40.8 Å². The van der Waals surface area contributed by atoms with Crippen LogP contribution in [0.5, 0.6) is 0 Å². The topological polar surface area (TPSA) is 131 Å². The van der Waals surface area contributed by atoms with E-state index in [0.717, 1.165) is 48.8 Å². The van der Waals surface area contributed by atoms with Crippen LogP contribution in [0.15, 0.2) is 23.5 Å². The molecular formula is C22H26N6O4. The Bertz CT molecular complexity index is 1150. The molecule has 1 saturated heterocycles. The number of amides is 2. The summed E-state index contributed by atoms with van der Waals surface area (Å²) in [7, 11) is 0. The van der Waals surface area contributed by atoms with Gasteiger partial charge in [-0.3, -0.25) is 9.59 Å². The van der Waals surface area contributed by atoms with Gasteiger partial charge in [0.1, 0.15) is 18.2 Å². The van der Waals surface area contributed by atoms with Gasteiger partial charge in [-0.15, -0.1) is 0 Å². The van der Waals surface area contributed by atoms with Gasteiger partial charge in [0.15, 0.2) is 11.3 Å². The molecule has 0 radical (unpaired) electrons. The van der Waals surface area contributed by atoms with Crippen LogP contribution in [0.1, 0.15) is 66.6 Å². The number of carbonyl (C=O) groups excluding carboxylic acids is 2. The fraction of sp³-hybridized carbons (Fsp3) is 0.500. The minimum absolute atomic E-state index is 0.157. The highest BCUT2D eigenvalue weighted by Crippen LogP contribution is 2.42. The molecule has 10 heteroatoms. The van der Waals surface area contributed by atoms with Crippen LogP contribution in [0.25, 0.3) is 0 Å². The Balaban J connectivity index is 1.51. The fourth-order valence-corrected chi connectivity index (χ4v) is 4.98.